The Hall–Kier alpha value is -1.91. The number of carbonyl (C=O) groups excluding carboxylic acids is 1. The molecule has 0 saturated carbocycles. The molecule has 0 bridgehead atoms. The number of non-ortho nitro benzene ring substituents is 1. The minimum atomic E-state index is -0.629. The van der Waals surface area contributed by atoms with E-state index in [4.69, 9.17) is 0 Å². The number of nitro groups is 1. The smallest absolute Gasteiger partial charge is 0.269 e. The van der Waals surface area contributed by atoms with Crippen molar-refractivity contribution in [2.75, 3.05) is 13.6 Å². The number of carbonyl (C=O) groups is 1. The third kappa shape index (κ3) is 1.85. The molecular weight excluding hydrogens is 232 g/mol. The summed E-state index contributed by atoms with van der Waals surface area (Å²) in [7, 11) is 1.77. The summed E-state index contributed by atoms with van der Waals surface area (Å²) in [6.07, 6.45) is 0.655. The van der Waals surface area contributed by atoms with Gasteiger partial charge in [0.25, 0.3) is 5.69 Å². The van der Waals surface area contributed by atoms with Gasteiger partial charge in [0.05, 0.1) is 10.3 Å². The van der Waals surface area contributed by atoms with Crippen LogP contribution in [-0.2, 0) is 16.6 Å². The summed E-state index contributed by atoms with van der Waals surface area (Å²) >= 11 is 0. The minimum Gasteiger partial charge on any atom is -0.345 e. The van der Waals surface area contributed by atoms with Crippen LogP contribution in [0.1, 0.15) is 25.0 Å². The van der Waals surface area contributed by atoms with Gasteiger partial charge >= 0.3 is 0 Å². The van der Waals surface area contributed by atoms with E-state index in [0.717, 1.165) is 11.1 Å². The number of hydrogen-bond acceptors (Lipinski definition) is 3. The third-order valence-electron chi connectivity index (χ3n) is 3.57. The molecular formula is C13H16N2O3. The molecule has 0 fully saturated rings. The molecule has 18 heavy (non-hydrogen) atoms. The van der Waals surface area contributed by atoms with Gasteiger partial charge in [-0.05, 0) is 31.4 Å². The highest BCUT2D eigenvalue weighted by atomic mass is 16.6. The summed E-state index contributed by atoms with van der Waals surface area (Å²) in [5.74, 6) is 0.0510. The number of benzene rings is 1. The lowest BCUT2D eigenvalue weighted by atomic mass is 9.81. The van der Waals surface area contributed by atoms with Gasteiger partial charge in [0, 0.05) is 25.7 Å². The molecule has 0 unspecified atom stereocenters. The van der Waals surface area contributed by atoms with E-state index in [9.17, 15) is 14.9 Å². The Kier molecular flexibility index (Phi) is 2.84. The predicted octanol–water partition coefficient (Wildman–Crippen LogP) is 1.89. The van der Waals surface area contributed by atoms with Crippen molar-refractivity contribution in [1.82, 2.24) is 4.90 Å². The molecule has 1 heterocycles. The zero-order valence-electron chi connectivity index (χ0n) is 10.8. The molecule has 0 saturated heterocycles. The van der Waals surface area contributed by atoms with Crippen LogP contribution in [-0.4, -0.2) is 29.3 Å². The molecule has 5 nitrogen and oxygen atoms in total. The predicted molar refractivity (Wildman–Crippen MR) is 67.5 cm³/mol. The van der Waals surface area contributed by atoms with Crippen molar-refractivity contribution in [2.24, 2.45) is 0 Å². The van der Waals surface area contributed by atoms with Gasteiger partial charge in [-0.2, -0.15) is 0 Å². The van der Waals surface area contributed by atoms with Crippen LogP contribution in [0.4, 0.5) is 5.69 Å². The highest BCUT2D eigenvalue weighted by Gasteiger charge is 2.36. The molecule has 5 heteroatoms. The van der Waals surface area contributed by atoms with Crippen LogP contribution in [0, 0.1) is 10.1 Å². The van der Waals surface area contributed by atoms with E-state index in [0.29, 0.717) is 13.0 Å². The molecule has 1 aliphatic rings. The quantitative estimate of drug-likeness (QED) is 0.563. The molecule has 0 aliphatic carbocycles. The average Bonchev–Trinajstić information content (AvgIpc) is 2.40. The van der Waals surface area contributed by atoms with E-state index < -0.39 is 10.3 Å². The molecule has 0 N–H and O–H groups in total. The maximum Gasteiger partial charge on any atom is 0.269 e. The van der Waals surface area contributed by atoms with Crippen LogP contribution in [0.25, 0.3) is 0 Å². The SMILES string of the molecule is CN1CCc2cc([N+](=O)[O-])ccc2C(C)(C)C1=O. The third-order valence-corrected chi connectivity index (χ3v) is 3.57. The van der Waals surface area contributed by atoms with Crippen molar-refractivity contribution in [2.45, 2.75) is 25.7 Å². The van der Waals surface area contributed by atoms with E-state index >= 15 is 0 Å². The van der Waals surface area contributed by atoms with Crippen molar-refractivity contribution in [3.05, 3.63) is 39.4 Å². The second-order valence-corrected chi connectivity index (χ2v) is 5.20. The number of nitro benzene ring substituents is 1. The molecule has 0 spiro atoms. The van der Waals surface area contributed by atoms with Crippen LogP contribution >= 0.6 is 0 Å². The standard InChI is InChI=1S/C13H16N2O3/c1-13(2)11-5-4-10(15(17)18)8-9(11)6-7-14(3)12(13)16/h4-5,8H,6-7H2,1-3H3. The number of likely N-dealkylation sites (N-methyl/N-ethyl adjacent to an activating group) is 1. The number of rotatable bonds is 1. The first-order valence-corrected chi connectivity index (χ1v) is 5.87. The monoisotopic (exact) mass is 248 g/mol. The fourth-order valence-corrected chi connectivity index (χ4v) is 2.49. The fourth-order valence-electron chi connectivity index (χ4n) is 2.49. The van der Waals surface area contributed by atoms with Crippen LogP contribution in [0.15, 0.2) is 18.2 Å². The van der Waals surface area contributed by atoms with Crippen molar-refractivity contribution in [3.8, 4) is 0 Å². The largest absolute Gasteiger partial charge is 0.345 e. The molecule has 0 atom stereocenters. The van der Waals surface area contributed by atoms with Gasteiger partial charge in [-0.25, -0.2) is 0 Å². The summed E-state index contributed by atoms with van der Waals surface area (Å²) in [6, 6.07) is 4.77. The van der Waals surface area contributed by atoms with Crippen molar-refractivity contribution in [1.29, 1.82) is 0 Å². The second kappa shape index (κ2) is 4.08. The summed E-state index contributed by atoms with van der Waals surface area (Å²) in [5, 5.41) is 10.8. The maximum atomic E-state index is 12.2. The van der Waals surface area contributed by atoms with Gasteiger partial charge in [0.1, 0.15) is 0 Å². The van der Waals surface area contributed by atoms with Gasteiger partial charge in [-0.3, -0.25) is 14.9 Å². The van der Waals surface area contributed by atoms with E-state index in [2.05, 4.69) is 0 Å². The van der Waals surface area contributed by atoms with E-state index in [-0.39, 0.29) is 11.6 Å². The highest BCUT2D eigenvalue weighted by molar-refractivity contribution is 5.88. The first kappa shape index (κ1) is 12.5. The Balaban J connectivity index is 2.57. The normalized spacial score (nSPS) is 18.2. The highest BCUT2D eigenvalue weighted by Crippen LogP contribution is 2.33. The fraction of sp³-hybridized carbons (Fsp3) is 0.462. The van der Waals surface area contributed by atoms with E-state index in [1.54, 1.807) is 24.1 Å². The average molecular weight is 248 g/mol. The summed E-state index contributed by atoms with van der Waals surface area (Å²) in [4.78, 5) is 24.3. The Morgan fingerprint density at radius 3 is 2.67 bits per heavy atom. The lowest BCUT2D eigenvalue weighted by Crippen LogP contribution is -2.40. The van der Waals surface area contributed by atoms with Gasteiger partial charge in [0.15, 0.2) is 0 Å². The Morgan fingerprint density at radius 1 is 1.39 bits per heavy atom. The maximum absolute atomic E-state index is 12.2. The number of fused-ring (bicyclic) bond motifs is 1. The van der Waals surface area contributed by atoms with Crippen LogP contribution in [0.2, 0.25) is 0 Å². The van der Waals surface area contributed by atoms with Crippen LogP contribution < -0.4 is 0 Å². The summed E-state index contributed by atoms with van der Waals surface area (Å²) < 4.78 is 0. The first-order chi connectivity index (χ1) is 8.34. The van der Waals surface area contributed by atoms with Crippen molar-refractivity contribution in [3.63, 3.8) is 0 Å². The van der Waals surface area contributed by atoms with Crippen molar-refractivity contribution >= 4 is 11.6 Å². The summed E-state index contributed by atoms with van der Waals surface area (Å²) in [5.41, 5.74) is 1.24. The van der Waals surface area contributed by atoms with E-state index in [1.807, 2.05) is 13.8 Å². The summed E-state index contributed by atoms with van der Waals surface area (Å²) in [6.45, 7) is 4.32. The molecule has 2 rings (SSSR count). The molecule has 1 aromatic carbocycles. The molecule has 0 radical (unpaired) electrons. The minimum absolute atomic E-state index is 0.0510. The topological polar surface area (TPSA) is 63.4 Å². The lowest BCUT2D eigenvalue weighted by molar-refractivity contribution is -0.384. The zero-order valence-corrected chi connectivity index (χ0v) is 10.8. The number of amides is 1. The van der Waals surface area contributed by atoms with Gasteiger partial charge < -0.3 is 4.90 Å². The van der Waals surface area contributed by atoms with Crippen LogP contribution in [0.3, 0.4) is 0 Å². The Labute approximate surface area is 106 Å². The number of nitrogens with zero attached hydrogens (tertiary/aromatic N) is 2. The Morgan fingerprint density at radius 2 is 2.06 bits per heavy atom. The van der Waals surface area contributed by atoms with Gasteiger partial charge in [0.2, 0.25) is 5.91 Å². The van der Waals surface area contributed by atoms with Gasteiger partial charge in [-0.1, -0.05) is 6.07 Å². The van der Waals surface area contributed by atoms with Gasteiger partial charge in [-0.15, -0.1) is 0 Å². The molecule has 1 amide bonds. The second-order valence-electron chi connectivity index (χ2n) is 5.20. The molecule has 1 aliphatic heterocycles. The number of hydrogen-bond donors (Lipinski definition) is 0. The Bertz CT molecular complexity index is 523. The van der Waals surface area contributed by atoms with Crippen molar-refractivity contribution < 1.29 is 9.72 Å². The molecule has 96 valence electrons. The van der Waals surface area contributed by atoms with E-state index in [1.165, 1.54) is 6.07 Å². The lowest BCUT2D eigenvalue weighted by Gasteiger charge is -2.27. The molecule has 0 aromatic heterocycles. The first-order valence-electron chi connectivity index (χ1n) is 5.87. The van der Waals surface area contributed by atoms with Crippen LogP contribution in [0.5, 0.6) is 0 Å². The molecule has 1 aromatic rings. The zero-order chi connectivity index (χ0) is 13.5.